The summed E-state index contributed by atoms with van der Waals surface area (Å²) in [5, 5.41) is 0. The Hall–Kier alpha value is -1.22. The molecule has 1 fully saturated rings. The molecule has 0 saturated heterocycles. The largest absolute Gasteiger partial charge is 0.303 e. The molecule has 0 bridgehead atoms. The fraction of sp³-hybridized carbons (Fsp3) is 0.462. The molecular formula is C13H16FNO. The summed E-state index contributed by atoms with van der Waals surface area (Å²) < 4.78 is 12.9. The Balaban J connectivity index is 1.87. The van der Waals surface area contributed by atoms with Crippen LogP contribution in [0.1, 0.15) is 29.6 Å². The van der Waals surface area contributed by atoms with Crippen molar-refractivity contribution in [1.82, 2.24) is 4.90 Å². The fourth-order valence-electron chi connectivity index (χ4n) is 1.78. The summed E-state index contributed by atoms with van der Waals surface area (Å²) in [5.74, 6) is -0.326. The van der Waals surface area contributed by atoms with E-state index in [0.29, 0.717) is 18.0 Å². The molecule has 3 heteroatoms. The minimum absolute atomic E-state index is 0.0204. The summed E-state index contributed by atoms with van der Waals surface area (Å²) >= 11 is 0. The van der Waals surface area contributed by atoms with E-state index in [1.54, 1.807) is 12.1 Å². The molecule has 0 amide bonds. The van der Waals surface area contributed by atoms with Gasteiger partial charge >= 0.3 is 0 Å². The molecule has 1 saturated carbocycles. The van der Waals surface area contributed by atoms with E-state index in [1.807, 2.05) is 7.05 Å². The van der Waals surface area contributed by atoms with Gasteiger partial charge in [0.2, 0.25) is 0 Å². The van der Waals surface area contributed by atoms with Crippen LogP contribution in [0.2, 0.25) is 0 Å². The van der Waals surface area contributed by atoms with E-state index in [2.05, 4.69) is 4.90 Å². The first-order valence-electron chi connectivity index (χ1n) is 5.66. The van der Waals surface area contributed by atoms with E-state index in [-0.39, 0.29) is 11.6 Å². The van der Waals surface area contributed by atoms with E-state index < -0.39 is 0 Å². The highest BCUT2D eigenvalue weighted by Crippen LogP contribution is 2.25. The van der Waals surface area contributed by atoms with Crippen molar-refractivity contribution in [1.29, 1.82) is 0 Å². The smallest absolute Gasteiger partial charge is 0.164 e. The second kappa shape index (κ2) is 4.74. The van der Waals surface area contributed by atoms with E-state index in [4.69, 9.17) is 0 Å². The summed E-state index contributed by atoms with van der Waals surface area (Å²) in [6.07, 6.45) is 2.95. The molecule has 0 aliphatic heterocycles. The quantitative estimate of drug-likeness (QED) is 0.712. The molecule has 0 N–H and O–H groups in total. The predicted molar refractivity (Wildman–Crippen MR) is 61.0 cm³/mol. The number of hydrogen-bond donors (Lipinski definition) is 0. The Morgan fingerprint density at radius 2 is 2.25 bits per heavy atom. The number of carbonyl (C=O) groups excluding carboxylic acids is 1. The third-order valence-electron chi connectivity index (χ3n) is 3.01. The van der Waals surface area contributed by atoms with Crippen molar-refractivity contribution < 1.29 is 9.18 Å². The van der Waals surface area contributed by atoms with Gasteiger partial charge in [-0.1, -0.05) is 12.1 Å². The normalized spacial score (nSPS) is 15.4. The first-order chi connectivity index (χ1) is 7.66. The number of carbonyl (C=O) groups is 1. The van der Waals surface area contributed by atoms with Crippen LogP contribution in [-0.4, -0.2) is 30.3 Å². The molecule has 1 aromatic rings. The molecule has 16 heavy (non-hydrogen) atoms. The van der Waals surface area contributed by atoms with Crippen LogP contribution in [0, 0.1) is 5.82 Å². The van der Waals surface area contributed by atoms with Gasteiger partial charge in [-0.3, -0.25) is 4.79 Å². The van der Waals surface area contributed by atoms with Crippen LogP contribution in [-0.2, 0) is 0 Å². The summed E-state index contributed by atoms with van der Waals surface area (Å²) in [6.45, 7) is 0.764. The Morgan fingerprint density at radius 1 is 1.50 bits per heavy atom. The third-order valence-corrected chi connectivity index (χ3v) is 3.01. The Kier molecular flexibility index (Phi) is 3.34. The Morgan fingerprint density at radius 3 is 2.88 bits per heavy atom. The number of ketones is 1. The van der Waals surface area contributed by atoms with Crippen LogP contribution >= 0.6 is 0 Å². The van der Waals surface area contributed by atoms with Gasteiger partial charge in [0.05, 0.1) is 0 Å². The molecule has 0 heterocycles. The number of benzene rings is 1. The SMILES string of the molecule is CN(CCC(=O)c1cccc(F)c1)C1CC1. The van der Waals surface area contributed by atoms with Gasteiger partial charge in [0.25, 0.3) is 0 Å². The lowest BCUT2D eigenvalue weighted by Crippen LogP contribution is -2.23. The van der Waals surface area contributed by atoms with Crippen molar-refractivity contribution in [3.63, 3.8) is 0 Å². The van der Waals surface area contributed by atoms with Gasteiger partial charge in [0.15, 0.2) is 5.78 Å². The average molecular weight is 221 g/mol. The van der Waals surface area contributed by atoms with Gasteiger partial charge in [-0.25, -0.2) is 4.39 Å². The van der Waals surface area contributed by atoms with Crippen LogP contribution in [0.4, 0.5) is 4.39 Å². The molecule has 0 unspecified atom stereocenters. The maximum absolute atomic E-state index is 12.9. The monoisotopic (exact) mass is 221 g/mol. The lowest BCUT2D eigenvalue weighted by molar-refractivity contribution is 0.0967. The van der Waals surface area contributed by atoms with Gasteiger partial charge in [-0.15, -0.1) is 0 Å². The average Bonchev–Trinajstić information content (AvgIpc) is 3.09. The van der Waals surface area contributed by atoms with E-state index in [0.717, 1.165) is 6.54 Å². The van der Waals surface area contributed by atoms with Crippen molar-refractivity contribution in [2.24, 2.45) is 0 Å². The Labute approximate surface area is 95.1 Å². The summed E-state index contributed by atoms with van der Waals surface area (Å²) in [5.41, 5.74) is 0.476. The van der Waals surface area contributed by atoms with E-state index in [1.165, 1.54) is 25.0 Å². The lowest BCUT2D eigenvalue weighted by atomic mass is 10.1. The second-order valence-corrected chi connectivity index (χ2v) is 4.40. The maximum Gasteiger partial charge on any atom is 0.164 e. The molecule has 0 aromatic heterocycles. The van der Waals surface area contributed by atoms with E-state index in [9.17, 15) is 9.18 Å². The van der Waals surface area contributed by atoms with Crippen LogP contribution in [0.5, 0.6) is 0 Å². The van der Waals surface area contributed by atoms with Crippen molar-refractivity contribution in [3.05, 3.63) is 35.6 Å². The van der Waals surface area contributed by atoms with Crippen molar-refractivity contribution in [2.45, 2.75) is 25.3 Å². The molecule has 0 atom stereocenters. The van der Waals surface area contributed by atoms with Gasteiger partial charge in [0.1, 0.15) is 5.82 Å². The summed E-state index contributed by atoms with van der Waals surface area (Å²) in [4.78, 5) is 14.0. The lowest BCUT2D eigenvalue weighted by Gasteiger charge is -2.14. The van der Waals surface area contributed by atoms with Gasteiger partial charge in [-0.05, 0) is 32.0 Å². The van der Waals surface area contributed by atoms with Crippen molar-refractivity contribution in [2.75, 3.05) is 13.6 Å². The third kappa shape index (κ3) is 2.89. The van der Waals surface area contributed by atoms with Crippen molar-refractivity contribution >= 4 is 5.78 Å². The standard InChI is InChI=1S/C13H16FNO/c1-15(12-5-6-12)8-7-13(16)10-3-2-4-11(14)9-10/h2-4,9,12H,5-8H2,1H3. The zero-order valence-corrected chi connectivity index (χ0v) is 9.45. The highest BCUT2D eigenvalue weighted by Gasteiger charge is 2.26. The molecule has 1 aliphatic carbocycles. The number of Topliss-reactive ketones (excluding diaryl/α,β-unsaturated/α-hetero) is 1. The van der Waals surface area contributed by atoms with Gasteiger partial charge in [0, 0.05) is 24.6 Å². The minimum Gasteiger partial charge on any atom is -0.303 e. The highest BCUT2D eigenvalue weighted by atomic mass is 19.1. The van der Waals surface area contributed by atoms with Crippen LogP contribution < -0.4 is 0 Å². The number of rotatable bonds is 5. The number of nitrogens with zero attached hydrogens (tertiary/aromatic N) is 1. The summed E-state index contributed by atoms with van der Waals surface area (Å²) in [7, 11) is 2.04. The zero-order valence-electron chi connectivity index (χ0n) is 9.45. The van der Waals surface area contributed by atoms with Gasteiger partial charge < -0.3 is 4.90 Å². The molecule has 0 spiro atoms. The zero-order chi connectivity index (χ0) is 11.5. The molecular weight excluding hydrogens is 205 g/mol. The molecule has 1 aliphatic rings. The minimum atomic E-state index is -0.346. The number of halogens is 1. The van der Waals surface area contributed by atoms with Crippen LogP contribution in [0.15, 0.2) is 24.3 Å². The Bertz CT molecular complexity index is 387. The molecule has 0 radical (unpaired) electrons. The second-order valence-electron chi connectivity index (χ2n) is 4.40. The maximum atomic E-state index is 12.9. The van der Waals surface area contributed by atoms with Gasteiger partial charge in [-0.2, -0.15) is 0 Å². The topological polar surface area (TPSA) is 20.3 Å². The van der Waals surface area contributed by atoms with Crippen LogP contribution in [0.3, 0.4) is 0 Å². The van der Waals surface area contributed by atoms with E-state index >= 15 is 0 Å². The fourth-order valence-corrected chi connectivity index (χ4v) is 1.78. The molecule has 86 valence electrons. The van der Waals surface area contributed by atoms with Crippen LogP contribution in [0.25, 0.3) is 0 Å². The predicted octanol–water partition coefficient (Wildman–Crippen LogP) is 2.49. The first-order valence-corrected chi connectivity index (χ1v) is 5.66. The molecule has 2 rings (SSSR count). The summed E-state index contributed by atoms with van der Waals surface area (Å²) in [6, 6.07) is 6.57. The molecule has 2 nitrogen and oxygen atoms in total. The molecule has 1 aromatic carbocycles. The first kappa shape index (κ1) is 11.3. The number of hydrogen-bond acceptors (Lipinski definition) is 2. The highest BCUT2D eigenvalue weighted by molar-refractivity contribution is 5.96. The van der Waals surface area contributed by atoms with Crippen molar-refractivity contribution in [3.8, 4) is 0 Å².